The van der Waals surface area contributed by atoms with Gasteiger partial charge in [0.05, 0.1) is 5.69 Å². The summed E-state index contributed by atoms with van der Waals surface area (Å²) in [5.41, 5.74) is 0.141. The van der Waals surface area contributed by atoms with Crippen LogP contribution in [0, 0.1) is 0 Å². The zero-order valence-corrected chi connectivity index (χ0v) is 11.0. The monoisotopic (exact) mass is 282 g/mol. The molecule has 1 aromatic heterocycles. The number of halogens is 3. The zero-order valence-electron chi connectivity index (χ0n) is 11.0. The van der Waals surface area contributed by atoms with Gasteiger partial charge in [-0.25, -0.2) is 4.98 Å². The van der Waals surface area contributed by atoms with Crippen LogP contribution in [0.25, 0.3) is 11.4 Å². The first-order valence-corrected chi connectivity index (χ1v) is 6.05. The number of nitrogens with one attached hydrogen (secondary N) is 1. The molecule has 6 heteroatoms. The summed E-state index contributed by atoms with van der Waals surface area (Å²) >= 11 is 0. The molecule has 106 valence electrons. The lowest BCUT2D eigenvalue weighted by atomic mass is 10.1. The first-order chi connectivity index (χ1) is 9.32. The molecular formula is C14H13F3N2O. The van der Waals surface area contributed by atoms with Gasteiger partial charge in [-0.1, -0.05) is 38.1 Å². The molecule has 0 aliphatic rings. The highest BCUT2D eigenvalue weighted by Gasteiger charge is 2.38. The van der Waals surface area contributed by atoms with Gasteiger partial charge in [-0.15, -0.1) is 0 Å². The number of rotatable bonds is 3. The van der Waals surface area contributed by atoms with Crippen LogP contribution in [0.3, 0.4) is 0 Å². The van der Waals surface area contributed by atoms with Crippen LogP contribution in [0.15, 0.2) is 24.3 Å². The lowest BCUT2D eigenvalue weighted by Gasteiger charge is -2.07. The molecule has 1 aromatic carbocycles. The lowest BCUT2D eigenvalue weighted by molar-refractivity contribution is -0.141. The average Bonchev–Trinajstić information content (AvgIpc) is 2.84. The van der Waals surface area contributed by atoms with Gasteiger partial charge in [0, 0.05) is 11.1 Å². The second-order valence-electron chi connectivity index (χ2n) is 4.74. The van der Waals surface area contributed by atoms with Crippen molar-refractivity contribution >= 4 is 6.29 Å². The Bertz CT molecular complexity index is 612. The molecule has 0 unspecified atom stereocenters. The number of nitrogens with zero attached hydrogens (tertiary/aromatic N) is 1. The fourth-order valence-electron chi connectivity index (χ4n) is 1.88. The van der Waals surface area contributed by atoms with Crippen molar-refractivity contribution in [3.8, 4) is 11.4 Å². The smallest absolute Gasteiger partial charge is 0.341 e. The summed E-state index contributed by atoms with van der Waals surface area (Å²) in [5, 5.41) is 0. The maximum atomic E-state index is 12.9. The molecule has 0 spiro atoms. The van der Waals surface area contributed by atoms with Gasteiger partial charge >= 0.3 is 6.18 Å². The van der Waals surface area contributed by atoms with E-state index >= 15 is 0 Å². The molecule has 0 aliphatic carbocycles. The van der Waals surface area contributed by atoms with E-state index in [1.54, 1.807) is 26.0 Å². The summed E-state index contributed by atoms with van der Waals surface area (Å²) in [6.07, 6.45) is -3.82. The Morgan fingerprint density at radius 1 is 1.20 bits per heavy atom. The number of benzene rings is 1. The van der Waals surface area contributed by atoms with Crippen molar-refractivity contribution in [3.05, 3.63) is 41.2 Å². The van der Waals surface area contributed by atoms with Crippen LogP contribution >= 0.6 is 0 Å². The Labute approximate surface area is 113 Å². The summed E-state index contributed by atoms with van der Waals surface area (Å²) in [6.45, 7) is 3.34. The van der Waals surface area contributed by atoms with Gasteiger partial charge in [0.15, 0.2) is 5.69 Å². The number of carbonyl (C=O) groups is 1. The number of carbonyl (C=O) groups excluding carboxylic acids is 1. The predicted molar refractivity (Wildman–Crippen MR) is 68.5 cm³/mol. The molecular weight excluding hydrogens is 269 g/mol. The molecule has 0 saturated heterocycles. The molecule has 0 aliphatic heterocycles. The van der Waals surface area contributed by atoms with Crippen molar-refractivity contribution in [1.82, 2.24) is 9.97 Å². The van der Waals surface area contributed by atoms with Crippen LogP contribution in [0.2, 0.25) is 0 Å². The van der Waals surface area contributed by atoms with E-state index in [1.807, 2.05) is 0 Å². The molecule has 2 rings (SSSR count). The number of aromatic nitrogens is 2. The van der Waals surface area contributed by atoms with Gasteiger partial charge in [0.1, 0.15) is 12.1 Å². The SMILES string of the molecule is CC(C)c1[nH]c(-c2ccc(C=O)cc2)nc1C(F)(F)F. The van der Waals surface area contributed by atoms with E-state index in [9.17, 15) is 18.0 Å². The molecule has 0 radical (unpaired) electrons. The molecule has 2 aromatic rings. The van der Waals surface area contributed by atoms with E-state index in [4.69, 9.17) is 0 Å². The van der Waals surface area contributed by atoms with E-state index in [-0.39, 0.29) is 17.4 Å². The Hall–Kier alpha value is -2.11. The number of imidazole rings is 1. The van der Waals surface area contributed by atoms with Crippen LogP contribution in [-0.4, -0.2) is 16.3 Å². The van der Waals surface area contributed by atoms with Crippen LogP contribution < -0.4 is 0 Å². The lowest BCUT2D eigenvalue weighted by Crippen LogP contribution is -2.09. The molecule has 1 heterocycles. The normalized spacial score (nSPS) is 11.9. The van der Waals surface area contributed by atoms with E-state index in [2.05, 4.69) is 9.97 Å². The summed E-state index contributed by atoms with van der Waals surface area (Å²) in [5.74, 6) is -0.166. The third-order valence-corrected chi connectivity index (χ3v) is 2.90. The molecule has 0 amide bonds. The molecule has 0 saturated carbocycles. The van der Waals surface area contributed by atoms with Gasteiger partial charge in [0.2, 0.25) is 0 Å². The van der Waals surface area contributed by atoms with Gasteiger partial charge in [-0.3, -0.25) is 4.79 Å². The highest BCUT2D eigenvalue weighted by atomic mass is 19.4. The fraction of sp³-hybridized carbons (Fsp3) is 0.286. The molecule has 3 nitrogen and oxygen atoms in total. The van der Waals surface area contributed by atoms with Crippen LogP contribution in [0.1, 0.15) is 41.5 Å². The standard InChI is InChI=1S/C14H13F3N2O/c1-8(2)11-12(14(15,16)17)19-13(18-11)10-5-3-9(7-20)4-6-10/h3-8H,1-2H3,(H,18,19). The average molecular weight is 282 g/mol. The van der Waals surface area contributed by atoms with E-state index < -0.39 is 11.9 Å². The summed E-state index contributed by atoms with van der Waals surface area (Å²) < 4.78 is 38.8. The number of H-pyrrole nitrogens is 1. The molecule has 20 heavy (non-hydrogen) atoms. The van der Waals surface area contributed by atoms with E-state index in [0.717, 1.165) is 0 Å². The van der Waals surface area contributed by atoms with Crippen molar-refractivity contribution in [2.24, 2.45) is 0 Å². The zero-order chi connectivity index (χ0) is 14.9. The predicted octanol–water partition coefficient (Wildman–Crippen LogP) is 4.03. The minimum Gasteiger partial charge on any atom is -0.341 e. The highest BCUT2D eigenvalue weighted by molar-refractivity contribution is 5.76. The Kier molecular flexibility index (Phi) is 3.65. The first-order valence-electron chi connectivity index (χ1n) is 6.05. The highest BCUT2D eigenvalue weighted by Crippen LogP contribution is 2.35. The Morgan fingerprint density at radius 2 is 1.80 bits per heavy atom. The minimum atomic E-state index is -4.49. The maximum Gasteiger partial charge on any atom is 0.435 e. The van der Waals surface area contributed by atoms with Crippen LogP contribution in [-0.2, 0) is 6.18 Å². The first kappa shape index (κ1) is 14.3. The summed E-state index contributed by atoms with van der Waals surface area (Å²) in [6, 6.07) is 6.19. The third kappa shape index (κ3) is 2.74. The summed E-state index contributed by atoms with van der Waals surface area (Å²) in [4.78, 5) is 16.9. The Balaban J connectivity index is 2.49. The Morgan fingerprint density at radius 3 is 2.20 bits per heavy atom. The topological polar surface area (TPSA) is 45.8 Å². The second kappa shape index (κ2) is 5.11. The number of aromatic amines is 1. The largest absolute Gasteiger partial charge is 0.435 e. The maximum absolute atomic E-state index is 12.9. The van der Waals surface area contributed by atoms with E-state index in [1.165, 1.54) is 12.1 Å². The molecule has 0 bridgehead atoms. The van der Waals surface area contributed by atoms with Crippen molar-refractivity contribution < 1.29 is 18.0 Å². The number of aldehydes is 1. The van der Waals surface area contributed by atoms with Crippen molar-refractivity contribution in [1.29, 1.82) is 0 Å². The van der Waals surface area contributed by atoms with Gasteiger partial charge in [-0.2, -0.15) is 13.2 Å². The second-order valence-corrected chi connectivity index (χ2v) is 4.74. The molecule has 1 N–H and O–H groups in total. The van der Waals surface area contributed by atoms with Crippen LogP contribution in [0.4, 0.5) is 13.2 Å². The summed E-state index contributed by atoms with van der Waals surface area (Å²) in [7, 11) is 0. The molecule has 0 fully saturated rings. The molecule has 0 atom stereocenters. The number of alkyl halides is 3. The van der Waals surface area contributed by atoms with E-state index in [0.29, 0.717) is 17.4 Å². The van der Waals surface area contributed by atoms with Crippen molar-refractivity contribution in [3.63, 3.8) is 0 Å². The van der Waals surface area contributed by atoms with Crippen molar-refractivity contribution in [2.45, 2.75) is 25.9 Å². The van der Waals surface area contributed by atoms with Gasteiger partial charge in [-0.05, 0) is 5.92 Å². The number of hydrogen-bond acceptors (Lipinski definition) is 2. The van der Waals surface area contributed by atoms with Gasteiger partial charge in [0.25, 0.3) is 0 Å². The van der Waals surface area contributed by atoms with Crippen LogP contribution in [0.5, 0.6) is 0 Å². The third-order valence-electron chi connectivity index (χ3n) is 2.90. The van der Waals surface area contributed by atoms with Crippen molar-refractivity contribution in [2.75, 3.05) is 0 Å². The van der Waals surface area contributed by atoms with Gasteiger partial charge < -0.3 is 4.98 Å². The minimum absolute atomic E-state index is 0.0620. The quantitative estimate of drug-likeness (QED) is 0.864. The number of hydrogen-bond donors (Lipinski definition) is 1. The fourth-order valence-corrected chi connectivity index (χ4v) is 1.88.